The molecule has 0 aromatic heterocycles. The van der Waals surface area contributed by atoms with Crippen LogP contribution in [-0.2, 0) is 15.1 Å². The molecule has 4 atom stereocenters. The first-order valence-corrected chi connectivity index (χ1v) is 11.0. The second kappa shape index (κ2) is 9.80. The fourth-order valence-electron chi connectivity index (χ4n) is 3.71. The Kier molecular flexibility index (Phi) is 7.37. The van der Waals surface area contributed by atoms with Crippen LogP contribution in [0.1, 0.15) is 24.2 Å². The minimum atomic E-state index is -0.836. The zero-order valence-electron chi connectivity index (χ0n) is 17.8. The summed E-state index contributed by atoms with van der Waals surface area (Å²) in [6, 6.07) is 14.1. The minimum absolute atomic E-state index is 0.0853. The van der Waals surface area contributed by atoms with Crippen molar-refractivity contribution in [2.45, 2.75) is 24.3 Å². The van der Waals surface area contributed by atoms with Crippen molar-refractivity contribution in [3.05, 3.63) is 66.4 Å². The zero-order valence-corrected chi connectivity index (χ0v) is 18.8. The molecule has 3 rings (SSSR count). The van der Waals surface area contributed by atoms with Gasteiger partial charge in [0.05, 0.1) is 45.5 Å². The van der Waals surface area contributed by atoms with Crippen molar-refractivity contribution < 1.29 is 18.9 Å². The summed E-state index contributed by atoms with van der Waals surface area (Å²) < 4.78 is 22.7. The lowest BCUT2D eigenvalue weighted by molar-refractivity contribution is 0.0681. The standard InChI is InChI=1S/C23H31N2O4P/c1-5-28-13-18-21(30-17-9-7-16(8-10-17)23(2,24)25)14-29-22(18)15-6-11-19(26-3)20(12-15)27-4/h5-12,18,21-22,30H,1,13-14,24-25H2,2-4H3/t18-,21-,22+/m0/s1. The highest BCUT2D eigenvalue weighted by atomic mass is 31.1. The van der Waals surface area contributed by atoms with Crippen LogP contribution >= 0.6 is 8.58 Å². The average Bonchev–Trinajstić information content (AvgIpc) is 3.13. The van der Waals surface area contributed by atoms with Crippen molar-refractivity contribution in [3.8, 4) is 11.5 Å². The van der Waals surface area contributed by atoms with Crippen molar-refractivity contribution >= 4 is 13.9 Å². The number of hydrogen-bond donors (Lipinski definition) is 2. The first-order chi connectivity index (χ1) is 14.4. The van der Waals surface area contributed by atoms with E-state index < -0.39 is 5.66 Å². The van der Waals surface area contributed by atoms with Crippen molar-refractivity contribution in [3.63, 3.8) is 0 Å². The van der Waals surface area contributed by atoms with Gasteiger partial charge in [-0.15, -0.1) is 0 Å². The number of ether oxygens (including phenoxy) is 4. The van der Waals surface area contributed by atoms with E-state index in [0.717, 1.165) is 11.1 Å². The number of rotatable bonds is 9. The highest BCUT2D eigenvalue weighted by Crippen LogP contribution is 2.44. The largest absolute Gasteiger partial charge is 0.501 e. The Morgan fingerprint density at radius 3 is 2.43 bits per heavy atom. The van der Waals surface area contributed by atoms with E-state index in [4.69, 9.17) is 30.4 Å². The molecule has 2 aromatic carbocycles. The molecule has 0 amide bonds. The first-order valence-electron chi connectivity index (χ1n) is 9.88. The molecule has 1 heterocycles. The molecule has 1 aliphatic rings. The molecule has 1 aliphatic heterocycles. The molecular formula is C23H31N2O4P. The summed E-state index contributed by atoms with van der Waals surface area (Å²) >= 11 is 0. The SMILES string of the molecule is C=COC[C@H]1[C@@H](Pc2ccc(C(C)(N)N)cc2)CO[C@@H]1c1ccc(OC)c(OC)c1. The molecule has 1 fully saturated rings. The van der Waals surface area contributed by atoms with Gasteiger partial charge in [-0.1, -0.05) is 45.5 Å². The van der Waals surface area contributed by atoms with Crippen molar-refractivity contribution in [2.75, 3.05) is 27.4 Å². The fourth-order valence-corrected chi connectivity index (χ4v) is 5.16. The van der Waals surface area contributed by atoms with Crippen molar-refractivity contribution in [2.24, 2.45) is 17.4 Å². The Bertz CT molecular complexity index is 851. The molecule has 4 N–H and O–H groups in total. The molecule has 0 radical (unpaired) electrons. The van der Waals surface area contributed by atoms with Crippen LogP contribution < -0.4 is 26.2 Å². The van der Waals surface area contributed by atoms with E-state index in [1.807, 2.05) is 30.3 Å². The number of methoxy groups -OCH3 is 2. The Labute approximate surface area is 180 Å². The molecule has 0 bridgehead atoms. The summed E-state index contributed by atoms with van der Waals surface area (Å²) in [7, 11) is 3.84. The quantitative estimate of drug-likeness (QED) is 0.361. The fraction of sp³-hybridized carbons (Fsp3) is 0.391. The van der Waals surface area contributed by atoms with Crippen LogP contribution in [-0.4, -0.2) is 33.1 Å². The molecule has 0 saturated carbocycles. The lowest BCUT2D eigenvalue weighted by Gasteiger charge is -2.24. The van der Waals surface area contributed by atoms with E-state index >= 15 is 0 Å². The summed E-state index contributed by atoms with van der Waals surface area (Å²) in [6.45, 7) is 6.69. The van der Waals surface area contributed by atoms with Crippen molar-refractivity contribution in [1.29, 1.82) is 0 Å². The van der Waals surface area contributed by atoms with Gasteiger partial charge < -0.3 is 30.4 Å². The van der Waals surface area contributed by atoms with Crippen LogP contribution in [0.2, 0.25) is 0 Å². The normalized spacial score (nSPS) is 21.7. The van der Waals surface area contributed by atoms with Gasteiger partial charge in [-0.2, -0.15) is 0 Å². The van der Waals surface area contributed by atoms with Gasteiger partial charge in [-0.3, -0.25) is 0 Å². The summed E-state index contributed by atoms with van der Waals surface area (Å²) in [5.74, 6) is 1.58. The van der Waals surface area contributed by atoms with Gasteiger partial charge in [0, 0.05) is 11.6 Å². The molecule has 0 aliphatic carbocycles. The van der Waals surface area contributed by atoms with Gasteiger partial charge in [-0.05, 0) is 35.5 Å². The molecule has 7 heteroatoms. The van der Waals surface area contributed by atoms with Gasteiger partial charge in [0.25, 0.3) is 0 Å². The Morgan fingerprint density at radius 2 is 1.83 bits per heavy atom. The van der Waals surface area contributed by atoms with E-state index in [2.05, 4.69) is 18.7 Å². The van der Waals surface area contributed by atoms with E-state index in [9.17, 15) is 0 Å². The molecule has 6 nitrogen and oxygen atoms in total. The maximum Gasteiger partial charge on any atom is 0.161 e. The van der Waals surface area contributed by atoms with Crippen molar-refractivity contribution in [1.82, 2.24) is 0 Å². The molecule has 1 unspecified atom stereocenters. The molecule has 162 valence electrons. The summed E-state index contributed by atoms with van der Waals surface area (Å²) in [5.41, 5.74) is 13.4. The number of hydrogen-bond acceptors (Lipinski definition) is 6. The van der Waals surface area contributed by atoms with Crippen LogP contribution in [0.15, 0.2) is 55.3 Å². The predicted octanol–water partition coefficient (Wildman–Crippen LogP) is 3.01. The first kappa shape index (κ1) is 22.6. The highest BCUT2D eigenvalue weighted by molar-refractivity contribution is 7.48. The Balaban J connectivity index is 1.80. The lowest BCUT2D eigenvalue weighted by Crippen LogP contribution is -2.42. The van der Waals surface area contributed by atoms with Crippen LogP contribution in [0.3, 0.4) is 0 Å². The third-order valence-electron chi connectivity index (χ3n) is 5.36. The second-order valence-corrected chi connectivity index (χ2v) is 9.25. The molecule has 1 saturated heterocycles. The molecular weight excluding hydrogens is 399 g/mol. The molecule has 30 heavy (non-hydrogen) atoms. The summed E-state index contributed by atoms with van der Waals surface area (Å²) in [4.78, 5) is 0. The third kappa shape index (κ3) is 5.13. The lowest BCUT2D eigenvalue weighted by atomic mass is 9.95. The minimum Gasteiger partial charge on any atom is -0.501 e. The van der Waals surface area contributed by atoms with Gasteiger partial charge in [0.1, 0.15) is 0 Å². The summed E-state index contributed by atoms with van der Waals surface area (Å²) in [5, 5.41) is 1.24. The highest BCUT2D eigenvalue weighted by Gasteiger charge is 2.39. The van der Waals surface area contributed by atoms with Gasteiger partial charge >= 0.3 is 0 Å². The van der Waals surface area contributed by atoms with Crippen LogP contribution in [0.25, 0.3) is 0 Å². The average molecular weight is 430 g/mol. The van der Waals surface area contributed by atoms with E-state index in [1.165, 1.54) is 11.6 Å². The van der Waals surface area contributed by atoms with E-state index in [0.29, 0.717) is 39.0 Å². The van der Waals surface area contributed by atoms with Crippen LogP contribution in [0.5, 0.6) is 11.5 Å². The number of nitrogens with two attached hydrogens (primary N) is 2. The maximum absolute atomic E-state index is 6.24. The topological polar surface area (TPSA) is 89.0 Å². The van der Waals surface area contributed by atoms with E-state index in [-0.39, 0.29) is 12.0 Å². The zero-order chi connectivity index (χ0) is 21.7. The van der Waals surface area contributed by atoms with E-state index in [1.54, 1.807) is 21.1 Å². The van der Waals surface area contributed by atoms with Crippen LogP contribution in [0.4, 0.5) is 0 Å². The molecule has 2 aromatic rings. The maximum atomic E-state index is 6.24. The van der Waals surface area contributed by atoms with Crippen LogP contribution in [0, 0.1) is 5.92 Å². The molecule has 0 spiro atoms. The second-order valence-electron chi connectivity index (χ2n) is 7.64. The smallest absolute Gasteiger partial charge is 0.161 e. The van der Waals surface area contributed by atoms with Gasteiger partial charge in [0.2, 0.25) is 0 Å². The monoisotopic (exact) mass is 430 g/mol. The Hall–Kier alpha value is -2.11. The summed E-state index contributed by atoms with van der Waals surface area (Å²) in [6.07, 6.45) is 1.40. The van der Waals surface area contributed by atoms with Gasteiger partial charge in [0.15, 0.2) is 11.5 Å². The van der Waals surface area contributed by atoms with Gasteiger partial charge in [-0.25, -0.2) is 0 Å². The third-order valence-corrected chi connectivity index (χ3v) is 6.99. The Morgan fingerprint density at radius 1 is 1.13 bits per heavy atom. The number of benzene rings is 2. The predicted molar refractivity (Wildman–Crippen MR) is 122 cm³/mol.